The number of methoxy groups -OCH3 is 2. The Bertz CT molecular complexity index is 614. The zero-order chi connectivity index (χ0) is 15.8. The van der Waals surface area contributed by atoms with Crippen LogP contribution in [0.15, 0.2) is 42.6 Å². The van der Waals surface area contributed by atoms with Crippen molar-refractivity contribution < 1.29 is 14.3 Å². The number of ether oxygens (including phenoxy) is 2. The minimum absolute atomic E-state index is 0.193. The number of hydrogen-bond donors (Lipinski definition) is 2. The van der Waals surface area contributed by atoms with Crippen LogP contribution in [0.4, 0.5) is 11.5 Å². The summed E-state index contributed by atoms with van der Waals surface area (Å²) in [6, 6.07) is 10.8. The number of amides is 1. The van der Waals surface area contributed by atoms with Crippen molar-refractivity contribution in [2.75, 3.05) is 32.7 Å². The van der Waals surface area contributed by atoms with E-state index in [0.29, 0.717) is 24.5 Å². The van der Waals surface area contributed by atoms with Crippen molar-refractivity contribution in [3.05, 3.63) is 48.2 Å². The molecule has 0 unspecified atom stereocenters. The van der Waals surface area contributed by atoms with Crippen molar-refractivity contribution in [1.29, 1.82) is 0 Å². The second-order valence-corrected chi connectivity index (χ2v) is 4.50. The first kappa shape index (κ1) is 15.8. The fourth-order valence-electron chi connectivity index (χ4n) is 1.86. The normalized spacial score (nSPS) is 10.1. The molecule has 0 radical (unpaired) electrons. The van der Waals surface area contributed by atoms with Gasteiger partial charge < -0.3 is 20.1 Å². The second-order valence-electron chi connectivity index (χ2n) is 4.50. The molecule has 0 aliphatic carbocycles. The summed E-state index contributed by atoms with van der Waals surface area (Å²) < 4.78 is 10.0. The summed E-state index contributed by atoms with van der Waals surface area (Å²) in [5.41, 5.74) is 1.31. The van der Waals surface area contributed by atoms with Crippen LogP contribution in [-0.2, 0) is 4.74 Å². The van der Waals surface area contributed by atoms with Crippen LogP contribution in [0.25, 0.3) is 0 Å². The zero-order valence-electron chi connectivity index (χ0n) is 12.6. The lowest BCUT2D eigenvalue weighted by atomic mass is 10.2. The summed E-state index contributed by atoms with van der Waals surface area (Å²) >= 11 is 0. The van der Waals surface area contributed by atoms with Crippen molar-refractivity contribution in [3.8, 4) is 5.75 Å². The maximum atomic E-state index is 12.2. The number of benzene rings is 1. The number of aromatic nitrogens is 1. The first-order valence-corrected chi connectivity index (χ1v) is 6.88. The first-order valence-electron chi connectivity index (χ1n) is 6.88. The maximum Gasteiger partial charge on any atom is 0.255 e. The highest BCUT2D eigenvalue weighted by atomic mass is 16.5. The number of pyridine rings is 1. The van der Waals surface area contributed by atoms with E-state index in [2.05, 4.69) is 15.6 Å². The van der Waals surface area contributed by atoms with Gasteiger partial charge >= 0.3 is 0 Å². The molecule has 2 rings (SSSR count). The molecule has 6 nitrogen and oxygen atoms in total. The van der Waals surface area contributed by atoms with Crippen molar-refractivity contribution in [2.24, 2.45) is 0 Å². The summed E-state index contributed by atoms with van der Waals surface area (Å²) in [7, 11) is 3.20. The van der Waals surface area contributed by atoms with Crippen molar-refractivity contribution >= 4 is 17.4 Å². The van der Waals surface area contributed by atoms with Crippen LogP contribution in [-0.4, -0.2) is 38.3 Å². The van der Waals surface area contributed by atoms with Gasteiger partial charge in [-0.05, 0) is 36.4 Å². The Labute approximate surface area is 129 Å². The largest absolute Gasteiger partial charge is 0.497 e. The molecule has 22 heavy (non-hydrogen) atoms. The van der Waals surface area contributed by atoms with E-state index in [1.54, 1.807) is 32.5 Å². The van der Waals surface area contributed by atoms with E-state index in [-0.39, 0.29) is 5.91 Å². The number of nitrogens with zero attached hydrogens (tertiary/aromatic N) is 1. The molecule has 0 saturated heterocycles. The number of rotatable bonds is 7. The Hall–Kier alpha value is -2.60. The summed E-state index contributed by atoms with van der Waals surface area (Å²) in [5, 5.41) is 5.92. The molecule has 1 amide bonds. The zero-order valence-corrected chi connectivity index (χ0v) is 12.6. The van der Waals surface area contributed by atoms with Crippen molar-refractivity contribution in [2.45, 2.75) is 0 Å². The minimum atomic E-state index is -0.193. The van der Waals surface area contributed by atoms with Gasteiger partial charge in [-0.25, -0.2) is 4.98 Å². The van der Waals surface area contributed by atoms with Gasteiger partial charge in [0, 0.05) is 25.5 Å². The average molecular weight is 301 g/mol. The van der Waals surface area contributed by atoms with E-state index in [1.165, 1.54) is 0 Å². The molecule has 6 heteroatoms. The van der Waals surface area contributed by atoms with Crippen LogP contribution < -0.4 is 15.4 Å². The molecule has 2 aromatic rings. The SMILES string of the molecule is COCCNC(=O)c1cccnc1Nc1ccc(OC)cc1. The van der Waals surface area contributed by atoms with Crippen LogP contribution in [0.2, 0.25) is 0 Å². The Kier molecular flexibility index (Phi) is 5.73. The van der Waals surface area contributed by atoms with Gasteiger partial charge in [0.25, 0.3) is 5.91 Å². The third-order valence-corrected chi connectivity index (χ3v) is 3.00. The van der Waals surface area contributed by atoms with Crippen LogP contribution in [0.5, 0.6) is 5.75 Å². The van der Waals surface area contributed by atoms with Crippen LogP contribution in [0.1, 0.15) is 10.4 Å². The molecule has 0 aliphatic heterocycles. The highest BCUT2D eigenvalue weighted by Crippen LogP contribution is 2.21. The van der Waals surface area contributed by atoms with E-state index in [4.69, 9.17) is 9.47 Å². The van der Waals surface area contributed by atoms with E-state index in [0.717, 1.165) is 11.4 Å². The van der Waals surface area contributed by atoms with Gasteiger partial charge in [0.2, 0.25) is 0 Å². The lowest BCUT2D eigenvalue weighted by Gasteiger charge is -2.11. The lowest BCUT2D eigenvalue weighted by molar-refractivity contribution is 0.0937. The number of anilines is 2. The van der Waals surface area contributed by atoms with Crippen molar-refractivity contribution in [3.63, 3.8) is 0 Å². The Balaban J connectivity index is 2.11. The monoisotopic (exact) mass is 301 g/mol. The molecule has 1 aromatic heterocycles. The van der Waals surface area contributed by atoms with Gasteiger partial charge in [-0.2, -0.15) is 0 Å². The molecule has 0 spiro atoms. The van der Waals surface area contributed by atoms with E-state index >= 15 is 0 Å². The Morgan fingerprint density at radius 2 is 1.95 bits per heavy atom. The number of carbonyl (C=O) groups excluding carboxylic acids is 1. The molecular weight excluding hydrogens is 282 g/mol. The third kappa shape index (κ3) is 4.20. The van der Waals surface area contributed by atoms with E-state index in [9.17, 15) is 4.79 Å². The molecule has 116 valence electrons. The number of nitrogens with one attached hydrogen (secondary N) is 2. The summed E-state index contributed by atoms with van der Waals surface area (Å²) in [6.07, 6.45) is 1.64. The smallest absolute Gasteiger partial charge is 0.255 e. The molecule has 0 bridgehead atoms. The fourth-order valence-corrected chi connectivity index (χ4v) is 1.86. The molecule has 1 aromatic carbocycles. The van der Waals surface area contributed by atoms with E-state index in [1.807, 2.05) is 24.3 Å². The second kappa shape index (κ2) is 7.99. The summed E-state index contributed by atoms with van der Waals surface area (Å²) in [5.74, 6) is 1.08. The molecule has 0 fully saturated rings. The molecule has 2 N–H and O–H groups in total. The van der Waals surface area contributed by atoms with Gasteiger partial charge in [0.05, 0.1) is 19.3 Å². The van der Waals surface area contributed by atoms with Gasteiger partial charge in [0.15, 0.2) is 0 Å². The average Bonchev–Trinajstić information content (AvgIpc) is 2.56. The summed E-state index contributed by atoms with van der Waals surface area (Å²) in [4.78, 5) is 16.4. The summed E-state index contributed by atoms with van der Waals surface area (Å²) in [6.45, 7) is 0.916. The van der Waals surface area contributed by atoms with Crippen LogP contribution >= 0.6 is 0 Å². The number of hydrogen-bond acceptors (Lipinski definition) is 5. The third-order valence-electron chi connectivity index (χ3n) is 3.00. The highest BCUT2D eigenvalue weighted by molar-refractivity contribution is 5.99. The topological polar surface area (TPSA) is 72.5 Å². The van der Waals surface area contributed by atoms with Gasteiger partial charge in [-0.3, -0.25) is 4.79 Å². The molecule has 0 atom stereocenters. The molecular formula is C16H19N3O3. The number of carbonyl (C=O) groups is 1. The van der Waals surface area contributed by atoms with Crippen LogP contribution in [0.3, 0.4) is 0 Å². The molecule has 0 aliphatic rings. The molecule has 0 saturated carbocycles. The highest BCUT2D eigenvalue weighted by Gasteiger charge is 2.11. The Morgan fingerprint density at radius 3 is 2.64 bits per heavy atom. The first-order chi connectivity index (χ1) is 10.7. The predicted molar refractivity (Wildman–Crippen MR) is 84.7 cm³/mol. The van der Waals surface area contributed by atoms with Gasteiger partial charge in [-0.15, -0.1) is 0 Å². The maximum absolute atomic E-state index is 12.2. The standard InChI is InChI=1S/C16H19N3O3/c1-21-11-10-18-16(20)14-4-3-9-17-15(14)19-12-5-7-13(22-2)8-6-12/h3-9H,10-11H2,1-2H3,(H,17,19)(H,18,20). The fraction of sp³-hybridized carbons (Fsp3) is 0.250. The minimum Gasteiger partial charge on any atom is -0.497 e. The van der Waals surface area contributed by atoms with Gasteiger partial charge in [0.1, 0.15) is 11.6 Å². The van der Waals surface area contributed by atoms with Crippen molar-refractivity contribution in [1.82, 2.24) is 10.3 Å². The quantitative estimate of drug-likeness (QED) is 0.767. The van der Waals surface area contributed by atoms with E-state index < -0.39 is 0 Å². The molecule has 1 heterocycles. The Morgan fingerprint density at radius 1 is 1.18 bits per heavy atom. The van der Waals surface area contributed by atoms with Crippen LogP contribution in [0, 0.1) is 0 Å². The lowest BCUT2D eigenvalue weighted by Crippen LogP contribution is -2.27. The van der Waals surface area contributed by atoms with Gasteiger partial charge in [-0.1, -0.05) is 0 Å². The predicted octanol–water partition coefficient (Wildman–Crippen LogP) is 2.21.